The van der Waals surface area contributed by atoms with Gasteiger partial charge in [-0.25, -0.2) is 4.79 Å². The molecule has 0 bridgehead atoms. The molecule has 2 amide bonds. The van der Waals surface area contributed by atoms with E-state index in [2.05, 4.69) is 10.6 Å². The summed E-state index contributed by atoms with van der Waals surface area (Å²) < 4.78 is 45.4. The molecule has 0 saturated carbocycles. The monoisotopic (exact) mass is 544 g/mol. The molecule has 6 nitrogen and oxygen atoms in total. The zero-order chi connectivity index (χ0) is 27.6. The number of esters is 1. The van der Waals surface area contributed by atoms with Crippen molar-refractivity contribution in [3.05, 3.63) is 87.9 Å². The molecule has 1 heterocycles. The zero-order valence-corrected chi connectivity index (χ0v) is 21.2. The Morgan fingerprint density at radius 3 is 2.45 bits per heavy atom. The molecule has 3 aromatic carbocycles. The number of ether oxygens (including phenoxy) is 1. The summed E-state index contributed by atoms with van der Waals surface area (Å²) in [6.45, 7) is 1.89. The van der Waals surface area contributed by atoms with Gasteiger partial charge in [-0.05, 0) is 52.9 Å². The average Bonchev–Trinajstić information content (AvgIpc) is 3.16. The summed E-state index contributed by atoms with van der Waals surface area (Å²) >= 11 is 5.77. The first-order chi connectivity index (χ1) is 18.0. The summed E-state index contributed by atoms with van der Waals surface area (Å²) in [5, 5.41) is 5.37. The van der Waals surface area contributed by atoms with Crippen LogP contribution in [0.25, 0.3) is 11.1 Å². The Hall–Kier alpha value is -3.85. The zero-order valence-electron chi connectivity index (χ0n) is 20.5. The van der Waals surface area contributed by atoms with Gasteiger partial charge < -0.3 is 15.4 Å². The smallest absolute Gasteiger partial charge is 0.417 e. The third-order valence-corrected chi connectivity index (χ3v) is 6.60. The van der Waals surface area contributed by atoms with Crippen LogP contribution < -0.4 is 10.6 Å². The molecule has 2 N–H and O–H groups in total. The normalized spacial score (nSPS) is 15.4. The SMILES string of the molecule is COC(=O)[C@H](Cc1ccc(-c2ccc(Cl)cc2C(F)(F)F)cc1)NC(=O)CC1C(=O)Nc2cc(C)ccc21. The molecule has 0 aliphatic carbocycles. The van der Waals surface area contributed by atoms with Crippen LogP contribution in [0.4, 0.5) is 18.9 Å². The van der Waals surface area contributed by atoms with Crippen molar-refractivity contribution in [2.24, 2.45) is 0 Å². The molecule has 0 fully saturated rings. The van der Waals surface area contributed by atoms with Crippen molar-refractivity contribution < 1.29 is 32.3 Å². The molecule has 1 unspecified atom stereocenters. The van der Waals surface area contributed by atoms with E-state index in [0.29, 0.717) is 22.4 Å². The minimum absolute atomic E-state index is 0.0250. The number of carbonyl (C=O) groups excluding carboxylic acids is 3. The van der Waals surface area contributed by atoms with E-state index in [1.807, 2.05) is 19.1 Å². The lowest BCUT2D eigenvalue weighted by molar-refractivity contribution is -0.145. The van der Waals surface area contributed by atoms with Gasteiger partial charge in [0.1, 0.15) is 6.04 Å². The van der Waals surface area contributed by atoms with Crippen molar-refractivity contribution in [2.45, 2.75) is 37.9 Å². The van der Waals surface area contributed by atoms with Gasteiger partial charge in [0.15, 0.2) is 0 Å². The maximum atomic E-state index is 13.5. The number of nitrogens with one attached hydrogen (secondary N) is 2. The summed E-state index contributed by atoms with van der Waals surface area (Å²) in [6, 6.07) is 14.1. The minimum atomic E-state index is -4.59. The molecule has 1 aliphatic rings. The number of benzene rings is 3. The van der Waals surface area contributed by atoms with Gasteiger partial charge in [-0.3, -0.25) is 9.59 Å². The first-order valence-corrected chi connectivity index (χ1v) is 12.1. The van der Waals surface area contributed by atoms with Gasteiger partial charge in [0.25, 0.3) is 0 Å². The second-order valence-electron chi connectivity index (χ2n) is 9.07. The molecule has 10 heteroatoms. The fraction of sp³-hybridized carbons (Fsp3) is 0.250. The predicted molar refractivity (Wildman–Crippen MR) is 137 cm³/mol. The number of fused-ring (bicyclic) bond motifs is 1. The lowest BCUT2D eigenvalue weighted by Crippen LogP contribution is -2.43. The first-order valence-electron chi connectivity index (χ1n) is 11.7. The molecule has 38 heavy (non-hydrogen) atoms. The van der Waals surface area contributed by atoms with Crippen LogP contribution in [0.5, 0.6) is 0 Å². The molecule has 3 aromatic rings. The van der Waals surface area contributed by atoms with Crippen LogP contribution in [0.2, 0.25) is 5.02 Å². The van der Waals surface area contributed by atoms with E-state index in [1.165, 1.54) is 31.4 Å². The van der Waals surface area contributed by atoms with E-state index in [1.54, 1.807) is 18.2 Å². The standard InChI is InChI=1S/C28H24ClF3N2O4/c1-15-3-9-20-21(26(36)34-23(20)11-15)14-25(35)33-24(27(37)38-2)12-16-4-6-17(7-5-16)19-10-8-18(29)13-22(19)28(30,31)32/h3-11,13,21,24H,12,14H2,1-2H3,(H,33,35)(H,34,36)/t21?,24-/m0/s1. The van der Waals surface area contributed by atoms with Crippen LogP contribution in [0.1, 0.15) is 34.6 Å². The number of carbonyl (C=O) groups is 3. The van der Waals surface area contributed by atoms with Crippen molar-refractivity contribution in [3.8, 4) is 11.1 Å². The maximum Gasteiger partial charge on any atom is 0.417 e. The van der Waals surface area contributed by atoms with Gasteiger partial charge in [-0.1, -0.05) is 54.1 Å². The van der Waals surface area contributed by atoms with Crippen molar-refractivity contribution in [3.63, 3.8) is 0 Å². The molecule has 0 aromatic heterocycles. The van der Waals surface area contributed by atoms with E-state index in [4.69, 9.17) is 16.3 Å². The number of anilines is 1. The maximum absolute atomic E-state index is 13.5. The lowest BCUT2D eigenvalue weighted by atomic mass is 9.95. The highest BCUT2D eigenvalue weighted by molar-refractivity contribution is 6.30. The molecular weight excluding hydrogens is 521 g/mol. The predicted octanol–water partition coefficient (Wildman–Crippen LogP) is 5.66. The molecule has 0 spiro atoms. The fourth-order valence-electron chi connectivity index (χ4n) is 4.48. The molecule has 1 aliphatic heterocycles. The van der Waals surface area contributed by atoms with E-state index in [9.17, 15) is 27.6 Å². The van der Waals surface area contributed by atoms with Crippen LogP contribution in [0, 0.1) is 6.92 Å². The lowest BCUT2D eigenvalue weighted by Gasteiger charge is -2.18. The molecular formula is C28H24ClF3N2O4. The van der Waals surface area contributed by atoms with Gasteiger partial charge in [0.05, 0.1) is 18.6 Å². The van der Waals surface area contributed by atoms with Crippen LogP contribution in [0.15, 0.2) is 60.7 Å². The number of aryl methyl sites for hydroxylation is 1. The van der Waals surface area contributed by atoms with Gasteiger partial charge in [0, 0.05) is 23.6 Å². The molecule has 0 saturated heterocycles. The van der Waals surface area contributed by atoms with Crippen molar-refractivity contribution >= 4 is 35.1 Å². The van der Waals surface area contributed by atoms with Crippen LogP contribution >= 0.6 is 11.6 Å². The number of methoxy groups -OCH3 is 1. The van der Waals surface area contributed by atoms with Crippen LogP contribution in [-0.2, 0) is 31.7 Å². The second kappa shape index (κ2) is 10.9. The Labute approximate surface area is 222 Å². The Bertz CT molecular complexity index is 1390. The minimum Gasteiger partial charge on any atom is -0.467 e. The first kappa shape index (κ1) is 27.2. The highest BCUT2D eigenvalue weighted by Gasteiger charge is 2.35. The Balaban J connectivity index is 1.48. The summed E-state index contributed by atoms with van der Waals surface area (Å²) in [5.41, 5.74) is 2.36. The quantitative estimate of drug-likeness (QED) is 0.376. The van der Waals surface area contributed by atoms with E-state index < -0.39 is 35.6 Å². The van der Waals surface area contributed by atoms with Gasteiger partial charge in [-0.2, -0.15) is 13.2 Å². The average molecular weight is 545 g/mol. The summed E-state index contributed by atoms with van der Waals surface area (Å²) in [6.07, 6.45) is -4.71. The highest BCUT2D eigenvalue weighted by atomic mass is 35.5. The summed E-state index contributed by atoms with van der Waals surface area (Å²) in [4.78, 5) is 37.7. The number of hydrogen-bond donors (Lipinski definition) is 2. The highest BCUT2D eigenvalue weighted by Crippen LogP contribution is 2.39. The molecule has 198 valence electrons. The third kappa shape index (κ3) is 5.99. The second-order valence-corrected chi connectivity index (χ2v) is 9.51. The van der Waals surface area contributed by atoms with Crippen LogP contribution in [0.3, 0.4) is 0 Å². The van der Waals surface area contributed by atoms with Crippen molar-refractivity contribution in [1.82, 2.24) is 5.32 Å². The Morgan fingerprint density at radius 1 is 1.08 bits per heavy atom. The Kier molecular flexibility index (Phi) is 7.78. The molecule has 4 rings (SSSR count). The third-order valence-electron chi connectivity index (χ3n) is 6.36. The number of amides is 2. The number of halogens is 4. The van der Waals surface area contributed by atoms with Crippen molar-refractivity contribution in [2.75, 3.05) is 12.4 Å². The van der Waals surface area contributed by atoms with Gasteiger partial charge >= 0.3 is 12.1 Å². The van der Waals surface area contributed by atoms with Crippen molar-refractivity contribution in [1.29, 1.82) is 0 Å². The van der Waals surface area contributed by atoms with Gasteiger partial charge in [0.2, 0.25) is 11.8 Å². The largest absolute Gasteiger partial charge is 0.467 e. The molecule has 2 atom stereocenters. The summed E-state index contributed by atoms with van der Waals surface area (Å²) in [5.74, 6) is -2.19. The number of alkyl halides is 3. The van der Waals surface area contributed by atoms with E-state index in [-0.39, 0.29) is 29.3 Å². The fourth-order valence-corrected chi connectivity index (χ4v) is 4.65. The topological polar surface area (TPSA) is 84.5 Å². The van der Waals surface area contributed by atoms with E-state index >= 15 is 0 Å². The summed E-state index contributed by atoms with van der Waals surface area (Å²) in [7, 11) is 1.19. The van der Waals surface area contributed by atoms with Gasteiger partial charge in [-0.15, -0.1) is 0 Å². The Morgan fingerprint density at radius 2 is 1.79 bits per heavy atom. The number of hydrogen-bond acceptors (Lipinski definition) is 4. The number of rotatable bonds is 7. The molecule has 0 radical (unpaired) electrons. The van der Waals surface area contributed by atoms with Crippen LogP contribution in [-0.4, -0.2) is 30.9 Å². The van der Waals surface area contributed by atoms with E-state index in [0.717, 1.165) is 11.6 Å².